The molecule has 92 valence electrons. The maximum atomic E-state index is 12.2. The molecule has 1 aromatic carbocycles. The van der Waals surface area contributed by atoms with Gasteiger partial charge in [-0.15, -0.1) is 0 Å². The minimum atomic E-state index is -0.317. The second kappa shape index (κ2) is 4.83. The van der Waals surface area contributed by atoms with Gasteiger partial charge in [0.2, 0.25) is 5.95 Å². The number of phenols is 1. The molecule has 5 nitrogen and oxygen atoms in total. The van der Waals surface area contributed by atoms with E-state index in [-0.39, 0.29) is 23.0 Å². The number of hydrogen-bond acceptors (Lipinski definition) is 5. The number of nitrogens with zero attached hydrogens (tertiary/aromatic N) is 2. The SMILES string of the molecule is CCc1ccc(O)c(C(=O)c2cnc(N)nc2)c1. The predicted molar refractivity (Wildman–Crippen MR) is 67.4 cm³/mol. The Morgan fingerprint density at radius 1 is 1.33 bits per heavy atom. The summed E-state index contributed by atoms with van der Waals surface area (Å²) >= 11 is 0. The normalized spacial score (nSPS) is 10.3. The molecule has 0 unspecified atom stereocenters. The highest BCUT2D eigenvalue weighted by Crippen LogP contribution is 2.21. The zero-order valence-corrected chi connectivity index (χ0v) is 9.92. The molecule has 0 aliphatic heterocycles. The van der Waals surface area contributed by atoms with Crippen LogP contribution >= 0.6 is 0 Å². The molecule has 0 amide bonds. The Bertz CT molecular complexity index is 579. The monoisotopic (exact) mass is 243 g/mol. The van der Waals surface area contributed by atoms with E-state index in [2.05, 4.69) is 9.97 Å². The third kappa shape index (κ3) is 2.29. The number of aromatic nitrogens is 2. The van der Waals surface area contributed by atoms with Gasteiger partial charge in [-0.25, -0.2) is 9.97 Å². The summed E-state index contributed by atoms with van der Waals surface area (Å²) in [7, 11) is 0. The number of nitrogens with two attached hydrogens (primary N) is 1. The Hall–Kier alpha value is -2.43. The van der Waals surface area contributed by atoms with Crippen molar-refractivity contribution >= 4 is 11.7 Å². The number of rotatable bonds is 3. The first-order valence-corrected chi connectivity index (χ1v) is 5.56. The third-order valence-corrected chi connectivity index (χ3v) is 2.65. The average molecular weight is 243 g/mol. The van der Waals surface area contributed by atoms with Crippen LogP contribution in [-0.4, -0.2) is 20.9 Å². The molecule has 0 spiro atoms. The Labute approximate surface area is 104 Å². The highest BCUT2D eigenvalue weighted by molar-refractivity contribution is 6.10. The standard InChI is InChI=1S/C13H13N3O2/c1-2-8-3-4-11(17)10(5-8)12(18)9-6-15-13(14)16-7-9/h3-7,17H,2H2,1H3,(H2,14,15,16). The zero-order valence-electron chi connectivity index (χ0n) is 9.92. The first-order valence-electron chi connectivity index (χ1n) is 5.56. The summed E-state index contributed by atoms with van der Waals surface area (Å²) < 4.78 is 0. The fraction of sp³-hybridized carbons (Fsp3) is 0.154. The lowest BCUT2D eigenvalue weighted by Crippen LogP contribution is -2.05. The molecule has 0 aliphatic carbocycles. The summed E-state index contributed by atoms with van der Waals surface area (Å²) in [5.41, 5.74) is 6.89. The minimum Gasteiger partial charge on any atom is -0.507 e. The fourth-order valence-electron chi connectivity index (χ4n) is 1.60. The van der Waals surface area contributed by atoms with E-state index in [4.69, 9.17) is 5.73 Å². The van der Waals surface area contributed by atoms with E-state index in [0.29, 0.717) is 5.56 Å². The number of anilines is 1. The average Bonchev–Trinajstić information content (AvgIpc) is 2.39. The first-order chi connectivity index (χ1) is 8.61. The lowest BCUT2D eigenvalue weighted by molar-refractivity contribution is 0.103. The number of benzene rings is 1. The van der Waals surface area contributed by atoms with Crippen molar-refractivity contribution in [1.82, 2.24) is 9.97 Å². The van der Waals surface area contributed by atoms with Crippen LogP contribution in [0.3, 0.4) is 0 Å². The lowest BCUT2D eigenvalue weighted by Gasteiger charge is -2.05. The van der Waals surface area contributed by atoms with Crippen LogP contribution in [0.25, 0.3) is 0 Å². The van der Waals surface area contributed by atoms with Gasteiger partial charge in [-0.3, -0.25) is 4.79 Å². The number of aromatic hydroxyl groups is 1. The van der Waals surface area contributed by atoms with E-state index < -0.39 is 0 Å². The van der Waals surface area contributed by atoms with Crippen LogP contribution in [0.4, 0.5) is 5.95 Å². The summed E-state index contributed by atoms with van der Waals surface area (Å²) in [6.45, 7) is 1.98. The van der Waals surface area contributed by atoms with Crippen LogP contribution in [0.1, 0.15) is 28.4 Å². The van der Waals surface area contributed by atoms with Crippen molar-refractivity contribution in [2.75, 3.05) is 5.73 Å². The highest BCUT2D eigenvalue weighted by Gasteiger charge is 2.14. The Balaban J connectivity index is 2.42. The van der Waals surface area contributed by atoms with Gasteiger partial charge in [-0.1, -0.05) is 13.0 Å². The largest absolute Gasteiger partial charge is 0.507 e. The van der Waals surface area contributed by atoms with E-state index in [1.165, 1.54) is 18.5 Å². The van der Waals surface area contributed by atoms with Gasteiger partial charge in [0, 0.05) is 12.4 Å². The molecule has 0 bridgehead atoms. The maximum Gasteiger partial charge on any atom is 0.219 e. The maximum absolute atomic E-state index is 12.2. The molecule has 0 radical (unpaired) electrons. The molecule has 0 aliphatic rings. The predicted octanol–water partition coefficient (Wildman–Crippen LogP) is 1.56. The number of hydrogen-bond donors (Lipinski definition) is 2. The molecule has 2 rings (SSSR count). The second-order valence-electron chi connectivity index (χ2n) is 3.86. The van der Waals surface area contributed by atoms with Gasteiger partial charge in [0.05, 0.1) is 11.1 Å². The van der Waals surface area contributed by atoms with Crippen LogP contribution in [-0.2, 0) is 6.42 Å². The van der Waals surface area contributed by atoms with Crippen molar-refractivity contribution < 1.29 is 9.90 Å². The summed E-state index contributed by atoms with van der Waals surface area (Å²) in [5, 5.41) is 9.73. The van der Waals surface area contributed by atoms with Crippen molar-refractivity contribution in [3.05, 3.63) is 47.3 Å². The number of aryl methyl sites for hydroxylation is 1. The molecule has 1 heterocycles. The van der Waals surface area contributed by atoms with E-state index in [9.17, 15) is 9.90 Å². The summed E-state index contributed by atoms with van der Waals surface area (Å²) in [6, 6.07) is 4.98. The number of phenolic OH excluding ortho intramolecular Hbond substituents is 1. The van der Waals surface area contributed by atoms with Gasteiger partial charge in [-0.05, 0) is 24.1 Å². The van der Waals surface area contributed by atoms with Gasteiger partial charge in [0.25, 0.3) is 0 Å². The molecule has 0 saturated carbocycles. The van der Waals surface area contributed by atoms with Crippen LogP contribution in [0.15, 0.2) is 30.6 Å². The minimum absolute atomic E-state index is 0.0472. The van der Waals surface area contributed by atoms with E-state index in [1.807, 2.05) is 6.92 Å². The van der Waals surface area contributed by atoms with Gasteiger partial charge in [0.1, 0.15) is 5.75 Å². The number of carbonyl (C=O) groups is 1. The molecule has 0 saturated heterocycles. The van der Waals surface area contributed by atoms with Crippen LogP contribution in [0.2, 0.25) is 0 Å². The van der Waals surface area contributed by atoms with Crippen LogP contribution in [0.5, 0.6) is 5.75 Å². The van der Waals surface area contributed by atoms with Gasteiger partial charge >= 0.3 is 0 Å². The Morgan fingerprint density at radius 3 is 2.61 bits per heavy atom. The molecule has 1 aromatic heterocycles. The van der Waals surface area contributed by atoms with Crippen LogP contribution < -0.4 is 5.73 Å². The number of carbonyl (C=O) groups excluding carboxylic acids is 1. The van der Waals surface area contributed by atoms with Crippen molar-refractivity contribution in [2.24, 2.45) is 0 Å². The summed E-state index contributed by atoms with van der Waals surface area (Å²) in [5.74, 6) is -0.255. The first kappa shape index (κ1) is 12.0. The number of ketones is 1. The summed E-state index contributed by atoms with van der Waals surface area (Å²) in [6.07, 6.45) is 3.49. The van der Waals surface area contributed by atoms with Crippen LogP contribution in [0, 0.1) is 0 Å². The quantitative estimate of drug-likeness (QED) is 0.798. The molecular weight excluding hydrogens is 230 g/mol. The summed E-state index contributed by atoms with van der Waals surface area (Å²) in [4.78, 5) is 19.7. The molecular formula is C13H13N3O2. The van der Waals surface area contributed by atoms with Gasteiger partial charge in [-0.2, -0.15) is 0 Å². The molecule has 2 aromatic rings. The fourth-order valence-corrected chi connectivity index (χ4v) is 1.60. The molecule has 3 N–H and O–H groups in total. The zero-order chi connectivity index (χ0) is 13.1. The smallest absolute Gasteiger partial charge is 0.219 e. The van der Waals surface area contributed by atoms with Gasteiger partial charge in [0.15, 0.2) is 5.78 Å². The third-order valence-electron chi connectivity index (χ3n) is 2.65. The Kier molecular flexibility index (Phi) is 3.23. The second-order valence-corrected chi connectivity index (χ2v) is 3.86. The van der Waals surface area contributed by atoms with Crippen molar-refractivity contribution in [3.8, 4) is 5.75 Å². The highest BCUT2D eigenvalue weighted by atomic mass is 16.3. The van der Waals surface area contributed by atoms with Crippen molar-refractivity contribution in [1.29, 1.82) is 0 Å². The van der Waals surface area contributed by atoms with Crippen molar-refractivity contribution in [2.45, 2.75) is 13.3 Å². The van der Waals surface area contributed by atoms with Gasteiger partial charge < -0.3 is 10.8 Å². The Morgan fingerprint density at radius 2 is 2.00 bits per heavy atom. The van der Waals surface area contributed by atoms with Crippen molar-refractivity contribution in [3.63, 3.8) is 0 Å². The van der Waals surface area contributed by atoms with E-state index in [0.717, 1.165) is 12.0 Å². The molecule has 5 heteroatoms. The topological polar surface area (TPSA) is 89.1 Å². The molecule has 0 atom stereocenters. The number of nitrogen functional groups attached to an aromatic ring is 1. The van der Waals surface area contributed by atoms with E-state index >= 15 is 0 Å². The van der Waals surface area contributed by atoms with E-state index in [1.54, 1.807) is 12.1 Å². The molecule has 0 fully saturated rings. The lowest BCUT2D eigenvalue weighted by atomic mass is 10.0. The molecule has 18 heavy (non-hydrogen) atoms.